The van der Waals surface area contributed by atoms with Crippen molar-refractivity contribution in [1.82, 2.24) is 5.32 Å². The van der Waals surface area contributed by atoms with Crippen molar-refractivity contribution in [2.24, 2.45) is 11.7 Å². The van der Waals surface area contributed by atoms with Crippen molar-refractivity contribution in [3.05, 3.63) is 34.4 Å². The Kier molecular flexibility index (Phi) is 3.85. The fraction of sp³-hybridized carbons (Fsp3) is 0.600. The van der Waals surface area contributed by atoms with Gasteiger partial charge in [0.1, 0.15) is 0 Å². The lowest BCUT2D eigenvalue weighted by atomic mass is 9.81. The molecule has 0 radical (unpaired) electrons. The summed E-state index contributed by atoms with van der Waals surface area (Å²) in [6.45, 7) is 8.65. The molecular formula is C15H24N2. The maximum absolute atomic E-state index is 5.78. The molecule has 0 amide bonds. The second-order valence-corrected chi connectivity index (χ2v) is 5.59. The number of rotatable bonds is 4. The Morgan fingerprint density at radius 3 is 2.41 bits per heavy atom. The average molecular weight is 232 g/mol. The zero-order valence-electron chi connectivity index (χ0n) is 11.2. The van der Waals surface area contributed by atoms with E-state index in [9.17, 15) is 0 Å². The van der Waals surface area contributed by atoms with Gasteiger partial charge in [0.2, 0.25) is 0 Å². The highest BCUT2D eigenvalue weighted by Crippen LogP contribution is 2.24. The molecule has 1 fully saturated rings. The van der Waals surface area contributed by atoms with Crippen LogP contribution in [0.2, 0.25) is 0 Å². The second kappa shape index (κ2) is 5.19. The molecule has 2 nitrogen and oxygen atoms in total. The molecule has 0 aliphatic heterocycles. The fourth-order valence-corrected chi connectivity index (χ4v) is 2.58. The maximum Gasteiger partial charge on any atom is 0.0208 e. The summed E-state index contributed by atoms with van der Waals surface area (Å²) in [4.78, 5) is 0. The van der Waals surface area contributed by atoms with Crippen LogP contribution in [0.25, 0.3) is 0 Å². The van der Waals surface area contributed by atoms with Gasteiger partial charge in [-0.1, -0.05) is 12.1 Å². The van der Waals surface area contributed by atoms with Crippen molar-refractivity contribution < 1.29 is 0 Å². The summed E-state index contributed by atoms with van der Waals surface area (Å²) in [5.41, 5.74) is 11.4. The third-order valence-electron chi connectivity index (χ3n) is 3.97. The summed E-state index contributed by atoms with van der Waals surface area (Å²) in [6, 6.07) is 5.06. The summed E-state index contributed by atoms with van der Waals surface area (Å²) in [6.07, 6.45) is 2.39. The number of hydrogen-bond donors (Lipinski definition) is 2. The predicted molar refractivity (Wildman–Crippen MR) is 73.1 cm³/mol. The molecule has 0 saturated heterocycles. The van der Waals surface area contributed by atoms with E-state index in [0.717, 1.165) is 19.0 Å². The van der Waals surface area contributed by atoms with Gasteiger partial charge in [-0.25, -0.2) is 0 Å². The van der Waals surface area contributed by atoms with E-state index in [-0.39, 0.29) is 0 Å². The normalized spacial score (nSPS) is 23.5. The Bertz CT molecular complexity index is 392. The first-order valence-electron chi connectivity index (χ1n) is 6.59. The number of aryl methyl sites for hydroxylation is 3. The Morgan fingerprint density at radius 1 is 1.12 bits per heavy atom. The molecule has 0 unspecified atom stereocenters. The van der Waals surface area contributed by atoms with Gasteiger partial charge >= 0.3 is 0 Å². The van der Waals surface area contributed by atoms with Crippen LogP contribution in [0.15, 0.2) is 12.1 Å². The molecule has 0 atom stereocenters. The molecule has 0 spiro atoms. The molecule has 1 aliphatic carbocycles. The molecule has 17 heavy (non-hydrogen) atoms. The molecular weight excluding hydrogens is 208 g/mol. The van der Waals surface area contributed by atoms with Crippen LogP contribution in [0, 0.1) is 26.7 Å². The monoisotopic (exact) mass is 232 g/mol. The van der Waals surface area contributed by atoms with Crippen LogP contribution in [0.5, 0.6) is 0 Å². The highest BCUT2D eigenvalue weighted by Gasteiger charge is 2.24. The molecule has 2 heteroatoms. The van der Waals surface area contributed by atoms with E-state index in [1.165, 1.54) is 35.1 Å². The molecule has 0 bridgehead atoms. The number of nitrogens with one attached hydrogen (secondary N) is 1. The van der Waals surface area contributed by atoms with Gasteiger partial charge in [0.25, 0.3) is 0 Å². The van der Waals surface area contributed by atoms with Gasteiger partial charge in [-0.3, -0.25) is 0 Å². The van der Waals surface area contributed by atoms with Crippen molar-refractivity contribution in [3.63, 3.8) is 0 Å². The maximum atomic E-state index is 5.78. The van der Waals surface area contributed by atoms with E-state index in [4.69, 9.17) is 5.73 Å². The first-order valence-corrected chi connectivity index (χ1v) is 6.59. The van der Waals surface area contributed by atoms with E-state index >= 15 is 0 Å². The van der Waals surface area contributed by atoms with E-state index in [1.807, 2.05) is 0 Å². The van der Waals surface area contributed by atoms with Crippen LogP contribution in [0.4, 0.5) is 0 Å². The topological polar surface area (TPSA) is 38.0 Å². The standard InChI is InChI=1S/C15H24N2/c1-10-4-12(3)14(5-11(10)2)9-17-8-13-6-15(16)7-13/h4-5,13,15,17H,6-9,16H2,1-3H3. The third kappa shape index (κ3) is 3.08. The van der Waals surface area contributed by atoms with Crippen molar-refractivity contribution >= 4 is 0 Å². The number of hydrogen-bond acceptors (Lipinski definition) is 2. The van der Waals surface area contributed by atoms with E-state index in [1.54, 1.807) is 0 Å². The van der Waals surface area contributed by atoms with Gasteiger partial charge in [-0.15, -0.1) is 0 Å². The summed E-state index contributed by atoms with van der Waals surface area (Å²) < 4.78 is 0. The van der Waals surface area contributed by atoms with Crippen LogP contribution in [0.3, 0.4) is 0 Å². The SMILES string of the molecule is Cc1cc(C)c(CNCC2CC(N)C2)cc1C. The first-order chi connectivity index (χ1) is 8.06. The molecule has 0 aromatic heterocycles. The van der Waals surface area contributed by atoms with Crippen molar-refractivity contribution in [3.8, 4) is 0 Å². The fourth-order valence-electron chi connectivity index (χ4n) is 2.58. The van der Waals surface area contributed by atoms with E-state index < -0.39 is 0 Å². The average Bonchev–Trinajstić information content (AvgIpc) is 2.22. The van der Waals surface area contributed by atoms with Gasteiger partial charge in [0.05, 0.1) is 0 Å². The minimum Gasteiger partial charge on any atom is -0.328 e. The van der Waals surface area contributed by atoms with Gasteiger partial charge in [-0.05, 0) is 68.3 Å². The molecule has 3 N–H and O–H groups in total. The molecule has 1 aliphatic rings. The van der Waals surface area contributed by atoms with Gasteiger partial charge in [0.15, 0.2) is 0 Å². The van der Waals surface area contributed by atoms with E-state index in [0.29, 0.717) is 6.04 Å². The predicted octanol–water partition coefficient (Wildman–Crippen LogP) is 2.44. The minimum atomic E-state index is 0.463. The Hall–Kier alpha value is -0.860. The lowest BCUT2D eigenvalue weighted by Gasteiger charge is -2.32. The van der Waals surface area contributed by atoms with Gasteiger partial charge in [-0.2, -0.15) is 0 Å². The van der Waals surface area contributed by atoms with E-state index in [2.05, 4.69) is 38.2 Å². The Balaban J connectivity index is 1.84. The van der Waals surface area contributed by atoms with Crippen molar-refractivity contribution in [2.45, 2.75) is 46.2 Å². The van der Waals surface area contributed by atoms with Crippen LogP contribution < -0.4 is 11.1 Å². The van der Waals surface area contributed by atoms with Crippen LogP contribution in [0.1, 0.15) is 35.1 Å². The summed E-state index contributed by atoms with van der Waals surface area (Å²) in [5.74, 6) is 0.803. The van der Waals surface area contributed by atoms with Gasteiger partial charge in [0, 0.05) is 12.6 Å². The lowest BCUT2D eigenvalue weighted by molar-refractivity contribution is 0.256. The molecule has 1 aromatic rings. The Morgan fingerprint density at radius 2 is 1.76 bits per heavy atom. The largest absolute Gasteiger partial charge is 0.328 e. The number of nitrogens with two attached hydrogens (primary N) is 1. The highest BCUT2D eigenvalue weighted by molar-refractivity contribution is 5.36. The summed E-state index contributed by atoms with van der Waals surface area (Å²) >= 11 is 0. The quantitative estimate of drug-likeness (QED) is 0.837. The minimum absolute atomic E-state index is 0.463. The Labute approximate surface area is 105 Å². The smallest absolute Gasteiger partial charge is 0.0208 e. The van der Waals surface area contributed by atoms with Crippen molar-refractivity contribution in [1.29, 1.82) is 0 Å². The summed E-state index contributed by atoms with van der Waals surface area (Å²) in [5, 5.41) is 3.56. The molecule has 2 rings (SSSR count). The third-order valence-corrected chi connectivity index (χ3v) is 3.97. The first kappa shape index (κ1) is 12.6. The molecule has 1 aromatic carbocycles. The van der Waals surface area contributed by atoms with Crippen molar-refractivity contribution in [2.75, 3.05) is 6.54 Å². The zero-order valence-corrected chi connectivity index (χ0v) is 11.2. The molecule has 94 valence electrons. The van der Waals surface area contributed by atoms with Crippen LogP contribution in [-0.2, 0) is 6.54 Å². The zero-order chi connectivity index (χ0) is 12.4. The highest BCUT2D eigenvalue weighted by atomic mass is 14.9. The summed E-state index contributed by atoms with van der Waals surface area (Å²) in [7, 11) is 0. The molecule has 0 heterocycles. The van der Waals surface area contributed by atoms with Gasteiger partial charge < -0.3 is 11.1 Å². The van der Waals surface area contributed by atoms with Crippen LogP contribution in [-0.4, -0.2) is 12.6 Å². The van der Waals surface area contributed by atoms with Crippen LogP contribution >= 0.6 is 0 Å². The number of benzene rings is 1. The molecule has 1 saturated carbocycles. The second-order valence-electron chi connectivity index (χ2n) is 5.59. The lowest BCUT2D eigenvalue weighted by Crippen LogP contribution is -2.41.